The molecule has 3 fully saturated rings. The zero-order valence-electron chi connectivity index (χ0n) is 60.3. The molecule has 0 aromatic rings. The summed E-state index contributed by atoms with van der Waals surface area (Å²) in [6.07, 6.45) is 13.0. The summed E-state index contributed by atoms with van der Waals surface area (Å²) < 4.78 is 65.1. The van der Waals surface area contributed by atoms with E-state index in [9.17, 15) is 74.9 Å². The number of aliphatic hydroxyl groups is 10. The number of unbranched alkanes of at least 4 members (excludes halogenated alkanes) is 40. The highest BCUT2D eigenvalue weighted by atomic mass is 31.2. The van der Waals surface area contributed by atoms with Gasteiger partial charge in [-0.2, -0.15) is 0 Å². The van der Waals surface area contributed by atoms with Crippen LogP contribution in [0.5, 0.6) is 0 Å². The molecule has 3 aliphatic rings. The number of hydrogen-bond acceptors (Lipinski definition) is 23. The first kappa shape index (κ1) is 90.2. The number of carbonyl (C=O) groups is 3. The first-order valence-electron chi connectivity index (χ1n) is 38.8. The van der Waals surface area contributed by atoms with E-state index in [0.29, 0.717) is 19.3 Å². The Morgan fingerprint density at radius 1 is 0.357 bits per heavy atom. The van der Waals surface area contributed by atoms with Crippen molar-refractivity contribution in [1.29, 1.82) is 0 Å². The Morgan fingerprint density at radius 3 is 1.00 bits per heavy atom. The monoisotopic (exact) mass is 1430 g/mol. The minimum absolute atomic E-state index is 0.0332. The molecule has 0 aromatic heterocycles. The standard InChI is InChI=1S/C73H137O24P/c1-4-7-10-13-16-19-22-25-26-27-28-31-33-35-38-41-44-47-57(75)89-51-54(92-59(77)49-46-43-40-37-34-30-24-21-18-15-12-9-6-3)52-91-98(87,88)97-71-69(95-72-67(85)62(80)60(78)55(50-74)93-72)65(83)64(82)66(84)70(71)96-73-68(86)63(81)61(79)56(94-73)53-90-58(76)48-45-42-39-36-32-29-23-20-17-14-11-8-5-2/h54-56,60-74,78-86H,4-53H2,1-3H3,(H,87,88). The Bertz CT molecular complexity index is 2030. The van der Waals surface area contributed by atoms with Crippen LogP contribution in [-0.4, -0.2) is 204 Å². The maximum atomic E-state index is 14.3. The van der Waals surface area contributed by atoms with Crippen molar-refractivity contribution in [2.75, 3.05) is 26.4 Å². The third kappa shape index (κ3) is 38.1. The van der Waals surface area contributed by atoms with Crippen molar-refractivity contribution in [2.45, 2.75) is 420 Å². The van der Waals surface area contributed by atoms with Gasteiger partial charge in [0.05, 0.1) is 13.2 Å². The van der Waals surface area contributed by atoms with Crippen molar-refractivity contribution in [3.8, 4) is 0 Å². The fourth-order valence-corrected chi connectivity index (χ4v) is 14.0. The molecule has 3 rings (SSSR count). The van der Waals surface area contributed by atoms with Gasteiger partial charge in [0.25, 0.3) is 0 Å². The first-order valence-corrected chi connectivity index (χ1v) is 40.3. The second-order valence-corrected chi connectivity index (χ2v) is 29.5. The van der Waals surface area contributed by atoms with Crippen LogP contribution in [0.4, 0.5) is 0 Å². The first-order chi connectivity index (χ1) is 47.3. The summed E-state index contributed by atoms with van der Waals surface area (Å²) in [7, 11) is -5.69. The highest BCUT2D eigenvalue weighted by Crippen LogP contribution is 2.49. The quantitative estimate of drug-likeness (QED) is 0.0117. The Labute approximate surface area is 587 Å². The second kappa shape index (κ2) is 55.4. The van der Waals surface area contributed by atoms with E-state index in [1.54, 1.807) is 0 Å². The van der Waals surface area contributed by atoms with E-state index in [-0.39, 0.29) is 19.3 Å². The van der Waals surface area contributed by atoms with Crippen LogP contribution < -0.4 is 0 Å². The number of carbonyl (C=O) groups excluding carboxylic acids is 3. The molecule has 0 amide bonds. The molecule has 2 aliphatic heterocycles. The van der Waals surface area contributed by atoms with Crippen molar-refractivity contribution in [2.24, 2.45) is 0 Å². The average Bonchev–Trinajstić information content (AvgIpc) is 0.762. The predicted molar refractivity (Wildman–Crippen MR) is 370 cm³/mol. The van der Waals surface area contributed by atoms with Crippen molar-refractivity contribution in [3.05, 3.63) is 0 Å². The molecule has 1 saturated carbocycles. The molecule has 25 heteroatoms. The Balaban J connectivity index is 1.72. The summed E-state index contributed by atoms with van der Waals surface area (Å²) >= 11 is 0. The van der Waals surface area contributed by atoms with E-state index in [2.05, 4.69) is 20.8 Å². The Morgan fingerprint density at radius 2 is 0.653 bits per heavy atom. The van der Waals surface area contributed by atoms with Crippen LogP contribution in [0, 0.1) is 0 Å². The third-order valence-corrected chi connectivity index (χ3v) is 20.4. The Hall–Kier alpha value is -2.04. The smallest absolute Gasteiger partial charge is 0.463 e. The van der Waals surface area contributed by atoms with E-state index in [1.165, 1.54) is 167 Å². The van der Waals surface area contributed by atoms with Gasteiger partial charge < -0.3 is 89.1 Å². The number of rotatable bonds is 61. The number of hydrogen-bond donors (Lipinski definition) is 11. The molecule has 1 aliphatic carbocycles. The third-order valence-electron chi connectivity index (χ3n) is 19.4. The zero-order chi connectivity index (χ0) is 71.8. The SMILES string of the molecule is CCCCCCCCCCCCCCCCCCCC(=O)OCC(COP(=O)(O)OC1C(OC2OC(CO)C(O)C(O)C2O)C(O)C(O)C(O)C1OC1OC(COC(=O)CCCCCCCCCCCCCCC)C(O)C(O)C1O)OC(=O)CCCCCCCCCCCCCCC. The van der Waals surface area contributed by atoms with Gasteiger partial charge in [0.1, 0.15) is 98.7 Å². The van der Waals surface area contributed by atoms with Crippen LogP contribution in [-0.2, 0) is 61.2 Å². The maximum absolute atomic E-state index is 14.3. The van der Waals surface area contributed by atoms with Gasteiger partial charge in [-0.15, -0.1) is 0 Å². The lowest BCUT2D eigenvalue weighted by atomic mass is 9.84. The largest absolute Gasteiger partial charge is 0.472 e. The van der Waals surface area contributed by atoms with Gasteiger partial charge >= 0.3 is 25.7 Å². The van der Waals surface area contributed by atoms with Crippen molar-refractivity contribution in [3.63, 3.8) is 0 Å². The molecule has 2 saturated heterocycles. The van der Waals surface area contributed by atoms with Crippen LogP contribution in [0.3, 0.4) is 0 Å². The van der Waals surface area contributed by atoms with Crippen LogP contribution in [0.25, 0.3) is 0 Å². The molecule has 18 unspecified atom stereocenters. The average molecular weight is 1430 g/mol. The maximum Gasteiger partial charge on any atom is 0.472 e. The zero-order valence-corrected chi connectivity index (χ0v) is 61.2. The van der Waals surface area contributed by atoms with Gasteiger partial charge in [0.2, 0.25) is 0 Å². The summed E-state index contributed by atoms with van der Waals surface area (Å²) in [4.78, 5) is 51.0. The van der Waals surface area contributed by atoms with Crippen molar-refractivity contribution < 1.29 is 117 Å². The molecule has 0 bridgehead atoms. The van der Waals surface area contributed by atoms with E-state index in [0.717, 1.165) is 89.9 Å². The lowest BCUT2D eigenvalue weighted by Gasteiger charge is -2.49. The van der Waals surface area contributed by atoms with E-state index in [1.807, 2.05) is 0 Å². The fourth-order valence-electron chi connectivity index (χ4n) is 13.1. The summed E-state index contributed by atoms with van der Waals surface area (Å²) in [5, 5.41) is 110. The molecule has 0 spiro atoms. The number of aliphatic hydroxyl groups excluding tert-OH is 10. The number of phosphoric acid groups is 1. The molecule has 2 heterocycles. The van der Waals surface area contributed by atoms with Gasteiger partial charge in [-0.05, 0) is 19.3 Å². The van der Waals surface area contributed by atoms with Crippen molar-refractivity contribution >= 4 is 25.7 Å². The molecular formula is C73H137O24P. The summed E-state index contributed by atoms with van der Waals surface area (Å²) in [5.74, 6) is -1.97. The summed E-state index contributed by atoms with van der Waals surface area (Å²) in [6.45, 7) is 3.48. The molecule has 18 atom stereocenters. The highest BCUT2D eigenvalue weighted by Gasteiger charge is 2.58. The minimum atomic E-state index is -5.69. The normalized spacial score (nSPS) is 27.6. The van der Waals surface area contributed by atoms with E-state index >= 15 is 0 Å². The number of esters is 3. The molecule has 0 radical (unpaired) electrons. The molecule has 24 nitrogen and oxygen atoms in total. The molecular weight excluding hydrogens is 1290 g/mol. The lowest BCUT2D eigenvalue weighted by Crippen LogP contribution is -2.69. The van der Waals surface area contributed by atoms with Gasteiger partial charge in [0.15, 0.2) is 18.7 Å². The predicted octanol–water partition coefficient (Wildman–Crippen LogP) is 11.0. The van der Waals surface area contributed by atoms with Gasteiger partial charge in [0, 0.05) is 19.3 Å². The van der Waals surface area contributed by atoms with Gasteiger partial charge in [-0.25, -0.2) is 4.57 Å². The van der Waals surface area contributed by atoms with E-state index in [4.69, 9.17) is 42.2 Å². The van der Waals surface area contributed by atoms with Crippen LogP contribution >= 0.6 is 7.82 Å². The van der Waals surface area contributed by atoms with Crippen molar-refractivity contribution in [1.82, 2.24) is 0 Å². The summed E-state index contributed by atoms with van der Waals surface area (Å²) in [5.41, 5.74) is 0. The summed E-state index contributed by atoms with van der Waals surface area (Å²) in [6, 6.07) is 0. The molecule has 11 N–H and O–H groups in total. The van der Waals surface area contributed by atoms with Crippen LogP contribution in [0.1, 0.15) is 316 Å². The highest BCUT2D eigenvalue weighted by molar-refractivity contribution is 7.47. The van der Waals surface area contributed by atoms with Gasteiger partial charge in [-0.1, -0.05) is 278 Å². The number of ether oxygens (including phenoxy) is 7. The second-order valence-electron chi connectivity index (χ2n) is 28.1. The van der Waals surface area contributed by atoms with Gasteiger partial charge in [-0.3, -0.25) is 23.4 Å². The fraction of sp³-hybridized carbons (Fsp3) is 0.959. The molecule has 0 aromatic carbocycles. The van der Waals surface area contributed by atoms with Crippen LogP contribution in [0.15, 0.2) is 0 Å². The molecule has 578 valence electrons. The minimum Gasteiger partial charge on any atom is -0.463 e. The van der Waals surface area contributed by atoms with E-state index < -0.39 is 156 Å². The lowest BCUT2D eigenvalue weighted by molar-refractivity contribution is -0.360. The van der Waals surface area contributed by atoms with Crippen LogP contribution in [0.2, 0.25) is 0 Å². The number of phosphoric ester groups is 1. The molecule has 98 heavy (non-hydrogen) atoms. The Kier molecular flexibility index (Phi) is 51.0. The topological polar surface area (TPSA) is 374 Å².